The van der Waals surface area contributed by atoms with Crippen molar-refractivity contribution < 1.29 is 9.90 Å². The zero-order valence-corrected chi connectivity index (χ0v) is 10.7. The monoisotopic (exact) mass is 286 g/mol. The number of carboxylic acid groups (broad SMARTS) is 1. The molecule has 0 amide bonds. The van der Waals surface area contributed by atoms with Crippen molar-refractivity contribution in [2.24, 2.45) is 0 Å². The van der Waals surface area contributed by atoms with Crippen molar-refractivity contribution in [3.05, 3.63) is 16.1 Å². The summed E-state index contributed by atoms with van der Waals surface area (Å²) in [5.41, 5.74) is 1.27. The Hall–Kier alpha value is -0.840. The molecule has 1 aromatic heterocycles. The Balaban J connectivity index is 2.06. The van der Waals surface area contributed by atoms with Gasteiger partial charge in [-0.05, 0) is 41.6 Å². The lowest BCUT2D eigenvalue weighted by molar-refractivity contribution is -0.137. The largest absolute Gasteiger partial charge is 0.481 e. The van der Waals surface area contributed by atoms with E-state index < -0.39 is 5.97 Å². The topological polar surface area (TPSA) is 55.1 Å². The molecule has 4 nitrogen and oxygen atoms in total. The lowest BCUT2D eigenvalue weighted by atomic mass is 10.1. The van der Waals surface area contributed by atoms with Gasteiger partial charge in [-0.15, -0.1) is 0 Å². The standard InChI is InChI=1S/C11H15BrN2O2/c12-11-8-4-1-2-7-14(8)9(13-11)5-3-6-10(15)16/h1-7H2,(H,15,16). The van der Waals surface area contributed by atoms with E-state index >= 15 is 0 Å². The molecule has 1 aromatic rings. The van der Waals surface area contributed by atoms with Gasteiger partial charge in [0.05, 0.1) is 5.69 Å². The van der Waals surface area contributed by atoms with Crippen LogP contribution < -0.4 is 0 Å². The van der Waals surface area contributed by atoms with Crippen LogP contribution >= 0.6 is 15.9 Å². The summed E-state index contributed by atoms with van der Waals surface area (Å²) in [6.45, 7) is 1.02. The van der Waals surface area contributed by atoms with E-state index in [4.69, 9.17) is 5.11 Å². The molecule has 0 saturated heterocycles. The third kappa shape index (κ3) is 2.45. The smallest absolute Gasteiger partial charge is 0.303 e. The number of imidazole rings is 1. The van der Waals surface area contributed by atoms with Crippen LogP contribution in [0.5, 0.6) is 0 Å². The number of halogens is 1. The van der Waals surface area contributed by atoms with Gasteiger partial charge in [0.1, 0.15) is 10.4 Å². The minimum absolute atomic E-state index is 0.222. The fraction of sp³-hybridized carbons (Fsp3) is 0.636. The number of carboxylic acids is 1. The molecular formula is C11H15BrN2O2. The van der Waals surface area contributed by atoms with Gasteiger partial charge in [0, 0.05) is 19.4 Å². The first kappa shape index (κ1) is 11.6. The van der Waals surface area contributed by atoms with Crippen molar-refractivity contribution in [3.63, 3.8) is 0 Å². The summed E-state index contributed by atoms with van der Waals surface area (Å²) in [6.07, 6.45) is 5.13. The molecule has 0 aliphatic carbocycles. The van der Waals surface area contributed by atoms with Crippen LogP contribution in [0.2, 0.25) is 0 Å². The van der Waals surface area contributed by atoms with Gasteiger partial charge < -0.3 is 9.67 Å². The van der Waals surface area contributed by atoms with Gasteiger partial charge in [-0.3, -0.25) is 4.79 Å². The number of nitrogens with zero attached hydrogens (tertiary/aromatic N) is 2. The fourth-order valence-corrected chi connectivity index (χ4v) is 2.78. The Morgan fingerprint density at radius 1 is 1.50 bits per heavy atom. The minimum atomic E-state index is -0.732. The van der Waals surface area contributed by atoms with E-state index in [1.54, 1.807) is 0 Å². The summed E-state index contributed by atoms with van der Waals surface area (Å²) in [5.74, 6) is 0.298. The summed E-state index contributed by atoms with van der Waals surface area (Å²) in [7, 11) is 0. The number of aromatic nitrogens is 2. The number of aryl methyl sites for hydroxylation is 1. The number of hydrogen-bond donors (Lipinski definition) is 1. The second kappa shape index (κ2) is 4.99. The van der Waals surface area contributed by atoms with E-state index in [9.17, 15) is 4.79 Å². The zero-order chi connectivity index (χ0) is 11.5. The zero-order valence-electron chi connectivity index (χ0n) is 9.08. The quantitative estimate of drug-likeness (QED) is 0.925. The van der Waals surface area contributed by atoms with Gasteiger partial charge in [-0.25, -0.2) is 4.98 Å². The molecule has 0 unspecified atom stereocenters. The predicted octanol–water partition coefficient (Wildman–Crippen LogP) is 2.39. The number of carbonyl (C=O) groups is 1. The highest BCUT2D eigenvalue weighted by Crippen LogP contribution is 2.25. The molecule has 0 aromatic carbocycles. The summed E-state index contributed by atoms with van der Waals surface area (Å²) >= 11 is 3.48. The van der Waals surface area contributed by atoms with Crippen LogP contribution in [-0.2, 0) is 24.2 Å². The predicted molar refractivity (Wildman–Crippen MR) is 63.4 cm³/mol. The van der Waals surface area contributed by atoms with E-state index in [-0.39, 0.29) is 6.42 Å². The fourth-order valence-electron chi connectivity index (χ4n) is 2.16. The first-order valence-electron chi connectivity index (χ1n) is 5.64. The molecule has 0 fully saturated rings. The van der Waals surface area contributed by atoms with E-state index in [0.717, 1.165) is 29.8 Å². The highest BCUT2D eigenvalue weighted by molar-refractivity contribution is 9.10. The maximum atomic E-state index is 10.4. The third-order valence-corrected chi connectivity index (χ3v) is 3.57. The molecule has 0 atom stereocenters. The minimum Gasteiger partial charge on any atom is -0.481 e. The lowest BCUT2D eigenvalue weighted by Gasteiger charge is -2.16. The molecule has 0 radical (unpaired) electrons. The molecule has 2 heterocycles. The molecule has 0 saturated carbocycles. The van der Waals surface area contributed by atoms with Gasteiger partial charge in [-0.1, -0.05) is 0 Å². The SMILES string of the molecule is O=C(O)CCCc1nc(Br)c2n1CCCC2. The molecule has 0 bridgehead atoms. The Kier molecular flexibility index (Phi) is 3.63. The van der Waals surface area contributed by atoms with Crippen molar-refractivity contribution in [3.8, 4) is 0 Å². The van der Waals surface area contributed by atoms with Crippen molar-refractivity contribution in [1.29, 1.82) is 0 Å². The summed E-state index contributed by atoms with van der Waals surface area (Å²) in [5, 5.41) is 8.60. The van der Waals surface area contributed by atoms with Crippen LogP contribution in [0.25, 0.3) is 0 Å². The van der Waals surface area contributed by atoms with Crippen molar-refractivity contribution >= 4 is 21.9 Å². The normalized spacial score (nSPS) is 14.8. The van der Waals surface area contributed by atoms with Gasteiger partial charge >= 0.3 is 5.97 Å². The maximum Gasteiger partial charge on any atom is 0.303 e. The molecule has 2 rings (SSSR count). The molecule has 5 heteroatoms. The van der Waals surface area contributed by atoms with Crippen LogP contribution in [0.4, 0.5) is 0 Å². The van der Waals surface area contributed by atoms with Crippen LogP contribution in [0, 0.1) is 0 Å². The average Bonchev–Trinajstić information content (AvgIpc) is 2.57. The molecule has 16 heavy (non-hydrogen) atoms. The van der Waals surface area contributed by atoms with Crippen LogP contribution in [0.15, 0.2) is 4.60 Å². The van der Waals surface area contributed by atoms with E-state index in [0.29, 0.717) is 6.42 Å². The van der Waals surface area contributed by atoms with Crippen molar-refractivity contribution in [2.75, 3.05) is 0 Å². The molecule has 1 aliphatic rings. The highest BCUT2D eigenvalue weighted by Gasteiger charge is 2.18. The van der Waals surface area contributed by atoms with Crippen molar-refractivity contribution in [2.45, 2.75) is 45.1 Å². The van der Waals surface area contributed by atoms with Crippen LogP contribution in [0.3, 0.4) is 0 Å². The maximum absolute atomic E-state index is 10.4. The molecule has 0 spiro atoms. The second-order valence-electron chi connectivity index (χ2n) is 4.12. The molecular weight excluding hydrogens is 272 g/mol. The number of fused-ring (bicyclic) bond motifs is 1. The van der Waals surface area contributed by atoms with Gasteiger partial charge in [-0.2, -0.15) is 0 Å². The second-order valence-corrected chi connectivity index (χ2v) is 4.87. The highest BCUT2D eigenvalue weighted by atomic mass is 79.9. The van der Waals surface area contributed by atoms with Crippen molar-refractivity contribution in [1.82, 2.24) is 9.55 Å². The van der Waals surface area contributed by atoms with E-state index in [1.165, 1.54) is 18.5 Å². The molecule has 1 N–H and O–H groups in total. The Labute approximate surface area is 103 Å². The first-order chi connectivity index (χ1) is 7.68. The van der Waals surface area contributed by atoms with Crippen LogP contribution in [0.1, 0.15) is 37.2 Å². The Morgan fingerprint density at radius 2 is 2.31 bits per heavy atom. The molecule has 1 aliphatic heterocycles. The number of aliphatic carboxylic acids is 1. The van der Waals surface area contributed by atoms with Gasteiger partial charge in [0.2, 0.25) is 0 Å². The van der Waals surface area contributed by atoms with E-state index in [2.05, 4.69) is 25.5 Å². The van der Waals surface area contributed by atoms with Gasteiger partial charge in [0.25, 0.3) is 0 Å². The van der Waals surface area contributed by atoms with Gasteiger partial charge in [0.15, 0.2) is 0 Å². The van der Waals surface area contributed by atoms with E-state index in [1.807, 2.05) is 0 Å². The van der Waals surface area contributed by atoms with Crippen LogP contribution in [-0.4, -0.2) is 20.6 Å². The Bertz CT molecular complexity index is 401. The molecule has 88 valence electrons. The average molecular weight is 287 g/mol. The Morgan fingerprint density at radius 3 is 3.06 bits per heavy atom. The summed E-state index contributed by atoms with van der Waals surface area (Å²) in [4.78, 5) is 14.9. The summed E-state index contributed by atoms with van der Waals surface area (Å²) in [6, 6.07) is 0. The third-order valence-electron chi connectivity index (χ3n) is 2.94. The lowest BCUT2D eigenvalue weighted by Crippen LogP contribution is -2.13. The number of rotatable bonds is 4. The summed E-state index contributed by atoms with van der Waals surface area (Å²) < 4.78 is 3.19. The first-order valence-corrected chi connectivity index (χ1v) is 6.43. The number of hydrogen-bond acceptors (Lipinski definition) is 2.